The maximum Gasteiger partial charge on any atom is 0.263 e. The van der Waals surface area contributed by atoms with Crippen molar-refractivity contribution in [2.24, 2.45) is 0 Å². The summed E-state index contributed by atoms with van der Waals surface area (Å²) in [7, 11) is -3.72. The Morgan fingerprint density at radius 1 is 1.12 bits per heavy atom. The summed E-state index contributed by atoms with van der Waals surface area (Å²) in [5, 5.41) is 3.25. The average molecular weight is 394 g/mol. The van der Waals surface area contributed by atoms with Crippen LogP contribution in [0.1, 0.15) is 53.0 Å². The van der Waals surface area contributed by atoms with Crippen LogP contribution in [0.15, 0.2) is 29.2 Å². The molecule has 0 radical (unpaired) electrons. The Balaban J connectivity index is 1.73. The zero-order chi connectivity index (χ0) is 18.7. The molecule has 1 heterocycles. The lowest BCUT2D eigenvalue weighted by Crippen LogP contribution is -2.36. The topological polar surface area (TPSA) is 88.2 Å². The number of hydrogen-bond donors (Lipinski definition) is 2. The van der Waals surface area contributed by atoms with Gasteiger partial charge in [-0.1, -0.05) is 48.3 Å². The second kappa shape index (κ2) is 7.75. The Labute approximate surface area is 158 Å². The molecule has 1 saturated carbocycles. The zero-order valence-corrected chi connectivity index (χ0v) is 16.5. The van der Waals surface area contributed by atoms with E-state index in [9.17, 15) is 13.2 Å². The Hall–Kier alpha value is -1.93. The Morgan fingerprint density at radius 3 is 2.42 bits per heavy atom. The van der Waals surface area contributed by atoms with Gasteiger partial charge in [-0.15, -0.1) is 0 Å². The first kappa shape index (κ1) is 18.8. The van der Waals surface area contributed by atoms with Gasteiger partial charge in [-0.25, -0.2) is 13.4 Å². The van der Waals surface area contributed by atoms with Crippen LogP contribution in [-0.4, -0.2) is 25.4 Å². The Bertz CT molecular complexity index is 883. The van der Waals surface area contributed by atoms with Crippen molar-refractivity contribution < 1.29 is 13.2 Å². The highest BCUT2D eigenvalue weighted by molar-refractivity contribution is 7.93. The van der Waals surface area contributed by atoms with Crippen molar-refractivity contribution in [2.75, 3.05) is 4.72 Å². The Morgan fingerprint density at radius 2 is 1.77 bits per heavy atom. The molecule has 26 heavy (non-hydrogen) atoms. The Kier molecular flexibility index (Phi) is 5.62. The molecule has 6 nitrogen and oxygen atoms in total. The third-order valence-corrected chi connectivity index (χ3v) is 7.05. The van der Waals surface area contributed by atoms with Gasteiger partial charge in [0.2, 0.25) is 0 Å². The highest BCUT2D eigenvalue weighted by Crippen LogP contribution is 2.26. The summed E-state index contributed by atoms with van der Waals surface area (Å²) in [5.74, 6) is -0.173. The summed E-state index contributed by atoms with van der Waals surface area (Å²) >= 11 is 1.07. The van der Waals surface area contributed by atoms with E-state index in [1.807, 2.05) is 6.92 Å². The number of hydrogen-bond acceptors (Lipinski definition) is 5. The van der Waals surface area contributed by atoms with E-state index < -0.39 is 10.0 Å². The lowest BCUT2D eigenvalue weighted by Gasteiger charge is -2.22. The molecule has 1 aromatic carbocycles. The highest BCUT2D eigenvalue weighted by Gasteiger charge is 2.22. The molecule has 140 valence electrons. The van der Waals surface area contributed by atoms with Crippen molar-refractivity contribution in [3.8, 4) is 0 Å². The third kappa shape index (κ3) is 4.42. The number of amides is 1. The summed E-state index contributed by atoms with van der Waals surface area (Å²) in [6, 6.07) is 6.78. The van der Waals surface area contributed by atoms with Crippen LogP contribution in [0.3, 0.4) is 0 Å². The summed E-state index contributed by atoms with van der Waals surface area (Å²) in [6.07, 6.45) is 5.48. The fraction of sp³-hybridized carbons (Fsp3) is 0.444. The lowest BCUT2D eigenvalue weighted by atomic mass is 9.95. The first-order chi connectivity index (χ1) is 12.3. The van der Waals surface area contributed by atoms with E-state index in [1.54, 1.807) is 31.2 Å². The number of carbonyl (C=O) groups excluding carboxylic acids is 1. The second-order valence-corrected chi connectivity index (χ2v) is 9.34. The molecule has 1 aliphatic rings. The van der Waals surface area contributed by atoms with Gasteiger partial charge in [0.25, 0.3) is 15.9 Å². The summed E-state index contributed by atoms with van der Waals surface area (Å²) in [5.41, 5.74) is 1.51. The predicted molar refractivity (Wildman–Crippen MR) is 103 cm³/mol. The van der Waals surface area contributed by atoms with Gasteiger partial charge in [0.1, 0.15) is 4.88 Å². The predicted octanol–water partition coefficient (Wildman–Crippen LogP) is 3.62. The molecule has 0 unspecified atom stereocenters. The van der Waals surface area contributed by atoms with Gasteiger partial charge < -0.3 is 5.32 Å². The first-order valence-corrected chi connectivity index (χ1v) is 11.0. The third-order valence-electron chi connectivity index (χ3n) is 4.50. The van der Waals surface area contributed by atoms with Crippen LogP contribution < -0.4 is 10.0 Å². The van der Waals surface area contributed by atoms with Gasteiger partial charge >= 0.3 is 0 Å². The molecule has 1 aromatic heterocycles. The van der Waals surface area contributed by atoms with Gasteiger partial charge in [0.15, 0.2) is 5.13 Å². The second-order valence-electron chi connectivity index (χ2n) is 6.66. The number of rotatable bonds is 5. The van der Waals surface area contributed by atoms with E-state index in [-0.39, 0.29) is 22.0 Å². The minimum Gasteiger partial charge on any atom is -0.349 e. The molecule has 0 aliphatic heterocycles. The van der Waals surface area contributed by atoms with Crippen molar-refractivity contribution in [1.82, 2.24) is 10.3 Å². The quantitative estimate of drug-likeness (QED) is 0.812. The van der Waals surface area contributed by atoms with Crippen LogP contribution in [0.5, 0.6) is 0 Å². The van der Waals surface area contributed by atoms with Gasteiger partial charge in [-0.05, 0) is 38.8 Å². The van der Waals surface area contributed by atoms with E-state index >= 15 is 0 Å². The van der Waals surface area contributed by atoms with Gasteiger partial charge in [0, 0.05) is 6.04 Å². The summed E-state index contributed by atoms with van der Waals surface area (Å²) < 4.78 is 27.4. The molecule has 8 heteroatoms. The standard InChI is InChI=1S/C18H23N3O3S2/c1-12-8-10-15(11-9-12)26(23,24)21-18-19-13(2)16(25-18)17(22)20-14-6-4-3-5-7-14/h8-11,14H,3-7H2,1-2H3,(H,19,21)(H,20,22). The molecule has 2 N–H and O–H groups in total. The van der Waals surface area contributed by atoms with Gasteiger partial charge in [-0.3, -0.25) is 9.52 Å². The molecule has 0 spiro atoms. The summed E-state index contributed by atoms with van der Waals surface area (Å²) in [4.78, 5) is 17.3. The molecule has 1 aliphatic carbocycles. The number of sulfonamides is 1. The van der Waals surface area contributed by atoms with Crippen molar-refractivity contribution >= 4 is 32.4 Å². The van der Waals surface area contributed by atoms with Gasteiger partial charge in [-0.2, -0.15) is 0 Å². The first-order valence-electron chi connectivity index (χ1n) is 8.73. The smallest absolute Gasteiger partial charge is 0.263 e. The number of nitrogens with one attached hydrogen (secondary N) is 2. The molecule has 1 amide bonds. The number of thiazole rings is 1. The van der Waals surface area contributed by atoms with Crippen molar-refractivity contribution in [3.63, 3.8) is 0 Å². The molecular formula is C18H23N3O3S2. The van der Waals surface area contributed by atoms with Crippen LogP contribution in [0.4, 0.5) is 5.13 Å². The summed E-state index contributed by atoms with van der Waals surface area (Å²) in [6.45, 7) is 3.61. The normalized spacial score (nSPS) is 15.6. The number of anilines is 1. The lowest BCUT2D eigenvalue weighted by molar-refractivity contribution is 0.0931. The average Bonchev–Trinajstić information content (AvgIpc) is 2.96. The fourth-order valence-electron chi connectivity index (χ4n) is 3.04. The van der Waals surface area contributed by atoms with E-state index in [0.29, 0.717) is 10.6 Å². The van der Waals surface area contributed by atoms with Crippen LogP contribution in [0.2, 0.25) is 0 Å². The van der Waals surface area contributed by atoms with Crippen LogP contribution in [-0.2, 0) is 10.0 Å². The minimum atomic E-state index is -3.72. The van der Waals surface area contributed by atoms with Crippen molar-refractivity contribution in [1.29, 1.82) is 0 Å². The van der Waals surface area contributed by atoms with Crippen molar-refractivity contribution in [2.45, 2.75) is 56.9 Å². The number of carbonyl (C=O) groups is 1. The van der Waals surface area contributed by atoms with E-state index in [2.05, 4.69) is 15.0 Å². The minimum absolute atomic E-state index is 0.171. The van der Waals surface area contributed by atoms with Crippen molar-refractivity contribution in [3.05, 3.63) is 40.4 Å². The molecule has 0 atom stereocenters. The molecule has 3 rings (SSSR count). The fourth-order valence-corrected chi connectivity index (χ4v) is 5.14. The number of benzene rings is 1. The molecule has 2 aromatic rings. The molecule has 0 bridgehead atoms. The van der Waals surface area contributed by atoms with Crippen LogP contribution in [0, 0.1) is 13.8 Å². The maximum atomic E-state index is 12.5. The molecule has 0 saturated heterocycles. The maximum absolute atomic E-state index is 12.5. The van der Waals surface area contributed by atoms with Gasteiger partial charge in [0.05, 0.1) is 10.6 Å². The highest BCUT2D eigenvalue weighted by atomic mass is 32.2. The number of nitrogens with zero attached hydrogens (tertiary/aromatic N) is 1. The molecule has 1 fully saturated rings. The largest absolute Gasteiger partial charge is 0.349 e. The van der Waals surface area contributed by atoms with E-state index in [4.69, 9.17) is 0 Å². The van der Waals surface area contributed by atoms with E-state index in [1.165, 1.54) is 6.42 Å². The molecular weight excluding hydrogens is 370 g/mol. The number of aryl methyl sites for hydroxylation is 2. The monoisotopic (exact) mass is 393 g/mol. The zero-order valence-electron chi connectivity index (χ0n) is 14.9. The number of aromatic nitrogens is 1. The van der Waals surface area contributed by atoms with Crippen LogP contribution in [0.25, 0.3) is 0 Å². The van der Waals surface area contributed by atoms with E-state index in [0.717, 1.165) is 42.6 Å². The SMILES string of the molecule is Cc1ccc(S(=O)(=O)Nc2nc(C)c(C(=O)NC3CCCCC3)s2)cc1. The van der Waals surface area contributed by atoms with Crippen LogP contribution >= 0.6 is 11.3 Å².